The minimum absolute atomic E-state index is 0.0658. The van der Waals surface area contributed by atoms with E-state index in [1.807, 2.05) is 0 Å². The summed E-state index contributed by atoms with van der Waals surface area (Å²) in [5.74, 6) is -2.85. The summed E-state index contributed by atoms with van der Waals surface area (Å²) < 4.78 is 41.1. The molecule has 2 heterocycles. The van der Waals surface area contributed by atoms with E-state index < -0.39 is 28.9 Å². The maximum atomic E-state index is 13.7. The van der Waals surface area contributed by atoms with Gasteiger partial charge in [0.2, 0.25) is 0 Å². The largest absolute Gasteiger partial charge is 0.346 e. The van der Waals surface area contributed by atoms with Crippen molar-refractivity contribution in [3.63, 3.8) is 0 Å². The number of nitrogens with one attached hydrogen (secondary N) is 2. The quantitative estimate of drug-likeness (QED) is 0.574. The third-order valence-electron chi connectivity index (χ3n) is 3.99. The average Bonchev–Trinajstić information content (AvgIpc) is 3.06. The van der Waals surface area contributed by atoms with Crippen molar-refractivity contribution >= 4 is 22.5 Å². The Morgan fingerprint density at radius 3 is 2.63 bits per heavy atom. The molecule has 0 aliphatic heterocycles. The van der Waals surface area contributed by atoms with Crippen LogP contribution < -0.4 is 10.9 Å². The first-order chi connectivity index (χ1) is 12.9. The van der Waals surface area contributed by atoms with Gasteiger partial charge in [0.25, 0.3) is 11.5 Å². The highest BCUT2D eigenvalue weighted by Gasteiger charge is 2.20. The number of H-pyrrole nitrogens is 1. The van der Waals surface area contributed by atoms with E-state index >= 15 is 0 Å². The van der Waals surface area contributed by atoms with Crippen molar-refractivity contribution in [2.75, 3.05) is 0 Å². The average molecular weight is 373 g/mol. The summed E-state index contributed by atoms with van der Waals surface area (Å²) in [6.45, 7) is -0.235. The van der Waals surface area contributed by atoms with E-state index in [9.17, 15) is 22.8 Å². The molecule has 1 amide bonds. The predicted octanol–water partition coefficient (Wildman–Crippen LogP) is 1.92. The van der Waals surface area contributed by atoms with Crippen molar-refractivity contribution in [1.82, 2.24) is 25.1 Å². The highest BCUT2D eigenvalue weighted by molar-refractivity contribution is 5.99. The van der Waals surface area contributed by atoms with E-state index in [2.05, 4.69) is 20.6 Å². The molecule has 7 nitrogen and oxygen atoms in total. The zero-order valence-corrected chi connectivity index (χ0v) is 13.5. The SMILES string of the molecule is O=C(NCc1ccc(F)cc1F)c1nnn2c1c(=O)[nH]c1cc(F)ccc12. The van der Waals surface area contributed by atoms with Gasteiger partial charge in [0.05, 0.1) is 11.0 Å². The van der Waals surface area contributed by atoms with Gasteiger partial charge in [0.1, 0.15) is 17.5 Å². The van der Waals surface area contributed by atoms with E-state index in [-0.39, 0.29) is 28.8 Å². The number of carbonyl (C=O) groups is 1. The smallest absolute Gasteiger partial charge is 0.277 e. The molecule has 4 rings (SSSR count). The number of carbonyl (C=O) groups excluding carboxylic acids is 1. The lowest BCUT2D eigenvalue weighted by molar-refractivity contribution is 0.0947. The monoisotopic (exact) mass is 373 g/mol. The van der Waals surface area contributed by atoms with Crippen LogP contribution >= 0.6 is 0 Å². The molecular weight excluding hydrogens is 363 g/mol. The van der Waals surface area contributed by atoms with Crippen molar-refractivity contribution < 1.29 is 18.0 Å². The summed E-state index contributed by atoms with van der Waals surface area (Å²) in [7, 11) is 0. The first-order valence-electron chi connectivity index (χ1n) is 7.73. The minimum Gasteiger partial charge on any atom is -0.346 e. The summed E-state index contributed by atoms with van der Waals surface area (Å²) in [6.07, 6.45) is 0. The van der Waals surface area contributed by atoms with Gasteiger partial charge >= 0.3 is 0 Å². The summed E-state index contributed by atoms with van der Waals surface area (Å²) in [4.78, 5) is 27.1. The Hall–Kier alpha value is -3.69. The molecule has 2 N–H and O–H groups in total. The Morgan fingerprint density at radius 1 is 1.11 bits per heavy atom. The summed E-state index contributed by atoms with van der Waals surface area (Å²) >= 11 is 0. The molecule has 0 aliphatic rings. The molecule has 0 unspecified atom stereocenters. The summed E-state index contributed by atoms with van der Waals surface area (Å²) in [5.41, 5.74) is -0.483. The summed E-state index contributed by atoms with van der Waals surface area (Å²) in [6, 6.07) is 6.65. The van der Waals surface area contributed by atoms with E-state index in [1.165, 1.54) is 18.2 Å². The van der Waals surface area contributed by atoms with Crippen LogP contribution in [0, 0.1) is 17.5 Å². The molecule has 2 aromatic heterocycles. The van der Waals surface area contributed by atoms with Crippen molar-refractivity contribution in [1.29, 1.82) is 0 Å². The third-order valence-corrected chi connectivity index (χ3v) is 3.99. The Labute approximate surface area is 148 Å². The second-order valence-corrected chi connectivity index (χ2v) is 5.73. The molecule has 0 aliphatic carbocycles. The van der Waals surface area contributed by atoms with Crippen molar-refractivity contribution in [3.05, 3.63) is 75.5 Å². The molecule has 4 aromatic rings. The van der Waals surface area contributed by atoms with Crippen molar-refractivity contribution in [3.8, 4) is 0 Å². The Morgan fingerprint density at radius 2 is 1.85 bits per heavy atom. The molecule has 0 atom stereocenters. The minimum atomic E-state index is -0.811. The van der Waals surface area contributed by atoms with E-state index in [4.69, 9.17) is 0 Å². The fourth-order valence-electron chi connectivity index (χ4n) is 2.71. The highest BCUT2D eigenvalue weighted by atomic mass is 19.1. The standard InChI is InChI=1S/C17H10F3N5O2/c18-9-2-1-8(11(20)5-9)7-21-16(26)14-15-17(27)22-12-6-10(19)3-4-13(12)25(15)24-23-14/h1-6H,7H2,(H,21,26)(H,22,27). The number of halogens is 3. The van der Waals surface area contributed by atoms with E-state index in [1.54, 1.807) is 0 Å². The number of nitrogens with zero attached hydrogens (tertiary/aromatic N) is 3. The molecule has 27 heavy (non-hydrogen) atoms. The van der Waals surface area contributed by atoms with Crippen molar-refractivity contribution in [2.24, 2.45) is 0 Å². The van der Waals surface area contributed by atoms with Crippen LogP contribution in [0.1, 0.15) is 16.1 Å². The van der Waals surface area contributed by atoms with Crippen LogP contribution in [0.3, 0.4) is 0 Å². The van der Waals surface area contributed by atoms with Crippen LogP contribution in [0.15, 0.2) is 41.2 Å². The molecule has 0 saturated heterocycles. The Bertz CT molecular complexity index is 1260. The van der Waals surface area contributed by atoms with Gasteiger partial charge in [0, 0.05) is 18.2 Å². The van der Waals surface area contributed by atoms with Crippen LogP contribution in [-0.4, -0.2) is 25.7 Å². The highest BCUT2D eigenvalue weighted by Crippen LogP contribution is 2.15. The molecule has 10 heteroatoms. The zero-order chi connectivity index (χ0) is 19.1. The van der Waals surface area contributed by atoms with E-state index in [0.717, 1.165) is 16.6 Å². The van der Waals surface area contributed by atoms with Gasteiger partial charge < -0.3 is 10.3 Å². The molecule has 0 radical (unpaired) electrons. The lowest BCUT2D eigenvalue weighted by Gasteiger charge is -2.05. The third kappa shape index (κ3) is 2.90. The fraction of sp³-hybridized carbons (Fsp3) is 0.0588. The van der Waals surface area contributed by atoms with Crippen LogP contribution in [0.25, 0.3) is 16.6 Å². The van der Waals surface area contributed by atoms with Gasteiger partial charge in [-0.3, -0.25) is 9.59 Å². The van der Waals surface area contributed by atoms with Gasteiger partial charge in [0.15, 0.2) is 11.2 Å². The van der Waals surface area contributed by atoms with Gasteiger partial charge in [-0.1, -0.05) is 11.3 Å². The van der Waals surface area contributed by atoms with Crippen LogP contribution in [0.5, 0.6) is 0 Å². The number of fused-ring (bicyclic) bond motifs is 3. The van der Waals surface area contributed by atoms with Gasteiger partial charge in [-0.2, -0.15) is 0 Å². The number of hydrogen-bond donors (Lipinski definition) is 2. The van der Waals surface area contributed by atoms with Gasteiger partial charge in [-0.25, -0.2) is 17.7 Å². The van der Waals surface area contributed by atoms with Gasteiger partial charge in [-0.15, -0.1) is 5.10 Å². The zero-order valence-electron chi connectivity index (χ0n) is 13.5. The number of amides is 1. The van der Waals surface area contributed by atoms with Crippen LogP contribution in [-0.2, 0) is 6.54 Å². The molecular formula is C17H10F3N5O2. The molecule has 0 saturated carbocycles. The van der Waals surface area contributed by atoms with E-state index in [0.29, 0.717) is 11.6 Å². The van der Waals surface area contributed by atoms with Crippen molar-refractivity contribution in [2.45, 2.75) is 6.54 Å². The van der Waals surface area contributed by atoms with Crippen LogP contribution in [0.2, 0.25) is 0 Å². The number of benzene rings is 2. The molecule has 0 bridgehead atoms. The number of aromatic amines is 1. The normalized spacial score (nSPS) is 11.2. The second-order valence-electron chi connectivity index (χ2n) is 5.73. The fourth-order valence-corrected chi connectivity index (χ4v) is 2.71. The molecule has 2 aromatic carbocycles. The second kappa shape index (κ2) is 6.24. The van der Waals surface area contributed by atoms with Crippen LogP contribution in [0.4, 0.5) is 13.2 Å². The first kappa shape index (κ1) is 16.8. The lowest BCUT2D eigenvalue weighted by atomic mass is 10.2. The first-order valence-corrected chi connectivity index (χ1v) is 7.73. The maximum absolute atomic E-state index is 13.7. The predicted molar refractivity (Wildman–Crippen MR) is 88.6 cm³/mol. The lowest BCUT2D eigenvalue weighted by Crippen LogP contribution is -2.25. The molecule has 136 valence electrons. The number of hydrogen-bond acceptors (Lipinski definition) is 4. The number of aromatic nitrogens is 4. The Balaban J connectivity index is 1.70. The maximum Gasteiger partial charge on any atom is 0.277 e. The Kier molecular flexibility index (Phi) is 3.87. The molecule has 0 spiro atoms. The number of rotatable bonds is 3. The summed E-state index contributed by atoms with van der Waals surface area (Å²) in [5, 5.41) is 9.90. The topological polar surface area (TPSA) is 92.2 Å². The van der Waals surface area contributed by atoms with Gasteiger partial charge in [-0.05, 0) is 24.3 Å². The molecule has 0 fully saturated rings.